The maximum Gasteiger partial charge on any atom is 0.257 e. The molecular formula is C25H28FN3O4. The molecule has 0 aliphatic carbocycles. The zero-order chi connectivity index (χ0) is 23.6. The summed E-state index contributed by atoms with van der Waals surface area (Å²) in [7, 11) is 1.67. The van der Waals surface area contributed by atoms with E-state index >= 15 is 0 Å². The average molecular weight is 454 g/mol. The Balaban J connectivity index is 1.33. The zero-order valence-corrected chi connectivity index (χ0v) is 18.9. The largest absolute Gasteiger partial charge is 0.489 e. The highest BCUT2D eigenvalue weighted by atomic mass is 19.1. The minimum atomic E-state index is -0.717. The predicted molar refractivity (Wildman–Crippen MR) is 121 cm³/mol. The molecule has 0 saturated carbocycles. The van der Waals surface area contributed by atoms with E-state index in [0.29, 0.717) is 43.6 Å². The first-order valence-corrected chi connectivity index (χ1v) is 11.2. The number of ether oxygens (including phenoxy) is 1. The highest BCUT2D eigenvalue weighted by molar-refractivity contribution is 6.10. The van der Waals surface area contributed by atoms with Gasteiger partial charge in [-0.3, -0.25) is 19.3 Å². The molecule has 2 heterocycles. The number of carbonyl (C=O) groups excluding carboxylic acids is 3. The molecule has 7 nitrogen and oxygen atoms in total. The van der Waals surface area contributed by atoms with Gasteiger partial charge in [0.2, 0.25) is 11.8 Å². The number of amides is 3. The summed E-state index contributed by atoms with van der Waals surface area (Å²) < 4.78 is 19.0. The Kier molecular flexibility index (Phi) is 6.35. The van der Waals surface area contributed by atoms with Crippen molar-refractivity contribution in [3.05, 3.63) is 59.9 Å². The lowest BCUT2D eigenvalue weighted by Crippen LogP contribution is -2.62. The smallest absolute Gasteiger partial charge is 0.257 e. The van der Waals surface area contributed by atoms with Gasteiger partial charge in [-0.15, -0.1) is 0 Å². The van der Waals surface area contributed by atoms with Crippen LogP contribution in [0.5, 0.6) is 5.75 Å². The van der Waals surface area contributed by atoms with Gasteiger partial charge in [0.15, 0.2) is 11.6 Å². The fraction of sp³-hybridized carbons (Fsp3) is 0.400. The van der Waals surface area contributed by atoms with Crippen LogP contribution in [0.1, 0.15) is 43.0 Å². The molecule has 0 aromatic heterocycles. The number of hydrogen-bond donors (Lipinski definition) is 0. The molecule has 1 fully saturated rings. The first-order valence-electron chi connectivity index (χ1n) is 11.2. The molecule has 2 aliphatic rings. The van der Waals surface area contributed by atoms with Gasteiger partial charge in [0.1, 0.15) is 12.3 Å². The highest BCUT2D eigenvalue weighted by Crippen LogP contribution is 2.44. The van der Waals surface area contributed by atoms with Crippen LogP contribution in [-0.4, -0.2) is 59.9 Å². The van der Waals surface area contributed by atoms with E-state index in [2.05, 4.69) is 0 Å². The third-order valence-electron chi connectivity index (χ3n) is 6.46. The zero-order valence-electron chi connectivity index (χ0n) is 18.9. The lowest BCUT2D eigenvalue weighted by atomic mass is 9.98. The second-order valence-corrected chi connectivity index (χ2v) is 8.62. The van der Waals surface area contributed by atoms with E-state index in [0.717, 1.165) is 0 Å². The van der Waals surface area contributed by atoms with Crippen molar-refractivity contribution < 1.29 is 23.5 Å². The molecule has 2 aromatic carbocycles. The van der Waals surface area contributed by atoms with Gasteiger partial charge in [-0.1, -0.05) is 24.3 Å². The van der Waals surface area contributed by atoms with Crippen molar-refractivity contribution in [2.24, 2.45) is 0 Å². The number of likely N-dealkylation sites (N-methyl/N-ethyl adjacent to an activating group) is 1. The molecular weight excluding hydrogens is 425 g/mol. The van der Waals surface area contributed by atoms with Crippen LogP contribution in [-0.2, 0) is 9.59 Å². The summed E-state index contributed by atoms with van der Waals surface area (Å²) in [6, 6.07) is 13.3. The number of para-hydroxylation sites is 2. The maximum absolute atomic E-state index is 13.6. The summed E-state index contributed by atoms with van der Waals surface area (Å²) in [4.78, 5) is 43.4. The molecule has 0 bridgehead atoms. The van der Waals surface area contributed by atoms with Crippen molar-refractivity contribution in [2.45, 2.75) is 38.3 Å². The van der Waals surface area contributed by atoms with Gasteiger partial charge in [-0.05, 0) is 44.0 Å². The van der Waals surface area contributed by atoms with Gasteiger partial charge in [0, 0.05) is 26.4 Å². The molecule has 2 aliphatic heterocycles. The maximum atomic E-state index is 13.6. The Bertz CT molecular complexity index is 1080. The number of anilines is 1. The second-order valence-electron chi connectivity index (χ2n) is 8.62. The number of halogens is 1. The first-order chi connectivity index (χ1) is 15.8. The van der Waals surface area contributed by atoms with Crippen molar-refractivity contribution in [2.75, 3.05) is 31.6 Å². The molecule has 174 valence electrons. The van der Waals surface area contributed by atoms with Gasteiger partial charge < -0.3 is 14.5 Å². The van der Waals surface area contributed by atoms with E-state index in [9.17, 15) is 18.8 Å². The van der Waals surface area contributed by atoms with Crippen LogP contribution >= 0.6 is 0 Å². The van der Waals surface area contributed by atoms with Crippen LogP contribution in [0.3, 0.4) is 0 Å². The van der Waals surface area contributed by atoms with Gasteiger partial charge in [0.25, 0.3) is 5.91 Å². The van der Waals surface area contributed by atoms with E-state index < -0.39 is 11.5 Å². The monoisotopic (exact) mass is 453 g/mol. The normalized spacial score (nSPS) is 19.4. The number of fused-ring (bicyclic) bond motifs is 3. The second kappa shape index (κ2) is 9.21. The minimum Gasteiger partial charge on any atom is -0.489 e. The lowest BCUT2D eigenvalue weighted by Gasteiger charge is -2.48. The summed E-state index contributed by atoms with van der Waals surface area (Å²) in [5.41, 5.74) is 0.457. The van der Waals surface area contributed by atoms with Crippen LogP contribution in [0, 0.1) is 5.82 Å². The van der Waals surface area contributed by atoms with Crippen molar-refractivity contribution in [3.8, 4) is 5.75 Å². The standard InChI is InChI=1S/C25H28FN3O4/c1-25-14-13-23(31)29(25)20-10-5-3-8-18(20)24(32)28(25)15-7-12-22(30)27(2)16-17-33-21-11-6-4-9-19(21)26/h3-6,8-11H,7,12-17H2,1-2H3. The molecule has 4 rings (SSSR count). The molecule has 1 unspecified atom stereocenters. The van der Waals surface area contributed by atoms with Crippen LogP contribution in [0.2, 0.25) is 0 Å². The number of rotatable bonds is 8. The van der Waals surface area contributed by atoms with Crippen LogP contribution in [0.25, 0.3) is 0 Å². The Morgan fingerprint density at radius 3 is 2.67 bits per heavy atom. The number of carbonyl (C=O) groups is 3. The molecule has 33 heavy (non-hydrogen) atoms. The number of hydrogen-bond acceptors (Lipinski definition) is 4. The first kappa shape index (κ1) is 22.8. The van der Waals surface area contributed by atoms with Gasteiger partial charge in [0.05, 0.1) is 17.8 Å². The molecule has 1 saturated heterocycles. The van der Waals surface area contributed by atoms with Gasteiger partial charge in [-0.25, -0.2) is 4.39 Å². The summed E-state index contributed by atoms with van der Waals surface area (Å²) in [6.45, 7) is 2.79. The SMILES string of the molecule is CN(CCOc1ccccc1F)C(=O)CCCN1C(=O)c2ccccc2N2C(=O)CCC12C. The fourth-order valence-corrected chi connectivity index (χ4v) is 4.60. The van der Waals surface area contributed by atoms with E-state index in [1.54, 1.807) is 52.1 Å². The summed E-state index contributed by atoms with van der Waals surface area (Å²) >= 11 is 0. The molecule has 0 N–H and O–H groups in total. The molecule has 3 amide bonds. The van der Waals surface area contributed by atoms with E-state index in [1.807, 2.05) is 19.1 Å². The Morgan fingerprint density at radius 1 is 1.15 bits per heavy atom. The summed E-state index contributed by atoms with van der Waals surface area (Å²) in [5.74, 6) is -0.467. The van der Waals surface area contributed by atoms with Crippen molar-refractivity contribution in [1.29, 1.82) is 0 Å². The summed E-state index contributed by atoms with van der Waals surface area (Å²) in [5, 5.41) is 0. The van der Waals surface area contributed by atoms with Crippen molar-refractivity contribution in [1.82, 2.24) is 9.80 Å². The topological polar surface area (TPSA) is 70.2 Å². The molecule has 8 heteroatoms. The van der Waals surface area contributed by atoms with E-state index in [-0.39, 0.29) is 36.5 Å². The third kappa shape index (κ3) is 4.29. The van der Waals surface area contributed by atoms with Gasteiger partial charge in [-0.2, -0.15) is 0 Å². The minimum absolute atomic E-state index is 0.00751. The van der Waals surface area contributed by atoms with Crippen molar-refractivity contribution >= 4 is 23.4 Å². The third-order valence-corrected chi connectivity index (χ3v) is 6.46. The fourth-order valence-electron chi connectivity index (χ4n) is 4.60. The predicted octanol–water partition coefficient (Wildman–Crippen LogP) is 3.44. The Labute approximate surface area is 192 Å². The highest BCUT2D eigenvalue weighted by Gasteiger charge is 2.52. The van der Waals surface area contributed by atoms with Crippen LogP contribution in [0.4, 0.5) is 10.1 Å². The Morgan fingerprint density at radius 2 is 1.88 bits per heavy atom. The van der Waals surface area contributed by atoms with E-state index in [4.69, 9.17) is 4.74 Å². The van der Waals surface area contributed by atoms with E-state index in [1.165, 1.54) is 6.07 Å². The summed E-state index contributed by atoms with van der Waals surface area (Å²) in [6.07, 6.45) is 1.68. The molecule has 0 spiro atoms. The van der Waals surface area contributed by atoms with Gasteiger partial charge >= 0.3 is 0 Å². The molecule has 1 atom stereocenters. The molecule has 2 aromatic rings. The lowest BCUT2D eigenvalue weighted by molar-refractivity contribution is -0.130. The number of nitrogens with zero attached hydrogens (tertiary/aromatic N) is 3. The molecule has 0 radical (unpaired) electrons. The van der Waals surface area contributed by atoms with Crippen molar-refractivity contribution in [3.63, 3.8) is 0 Å². The quantitative estimate of drug-likeness (QED) is 0.614. The average Bonchev–Trinajstić information content (AvgIpc) is 3.12. The van der Waals surface area contributed by atoms with Crippen LogP contribution < -0.4 is 9.64 Å². The Hall–Kier alpha value is -3.42. The number of benzene rings is 2. The van der Waals surface area contributed by atoms with Crippen LogP contribution in [0.15, 0.2) is 48.5 Å².